The number of benzene rings is 3. The van der Waals surface area contributed by atoms with E-state index in [9.17, 15) is 18.0 Å². The number of thiazole rings is 1. The SMILES string of the molecule is O=C(NCc1cccc(C(F)(F)F)c1)c1csc(CSc2nnc(-c3ccccc3Cl)n2-c2cccc(Cl)c2)n1. The van der Waals surface area contributed by atoms with Gasteiger partial charge in [0, 0.05) is 22.5 Å². The van der Waals surface area contributed by atoms with E-state index in [2.05, 4.69) is 20.5 Å². The first kappa shape index (κ1) is 28.2. The fraction of sp³-hybridized carbons (Fsp3) is 0.111. The van der Waals surface area contributed by atoms with Gasteiger partial charge in [-0.2, -0.15) is 13.2 Å². The molecule has 0 unspecified atom stereocenters. The molecule has 2 aromatic heterocycles. The highest BCUT2D eigenvalue weighted by Crippen LogP contribution is 2.34. The molecule has 0 saturated heterocycles. The van der Waals surface area contributed by atoms with Crippen LogP contribution in [-0.4, -0.2) is 25.7 Å². The highest BCUT2D eigenvalue weighted by atomic mass is 35.5. The molecule has 5 rings (SSSR count). The van der Waals surface area contributed by atoms with Gasteiger partial charge in [-0.3, -0.25) is 9.36 Å². The zero-order valence-corrected chi connectivity index (χ0v) is 23.5. The largest absolute Gasteiger partial charge is 0.416 e. The summed E-state index contributed by atoms with van der Waals surface area (Å²) in [5.74, 6) is 0.462. The van der Waals surface area contributed by atoms with E-state index in [1.807, 2.05) is 34.9 Å². The smallest absolute Gasteiger partial charge is 0.347 e. The molecule has 0 saturated carbocycles. The number of aromatic nitrogens is 4. The number of alkyl halides is 3. The molecule has 0 spiro atoms. The number of carbonyl (C=O) groups is 1. The quantitative estimate of drug-likeness (QED) is 0.178. The Bertz CT molecular complexity index is 1670. The predicted molar refractivity (Wildman–Crippen MR) is 151 cm³/mol. The first-order chi connectivity index (χ1) is 19.2. The van der Waals surface area contributed by atoms with E-state index in [4.69, 9.17) is 23.2 Å². The lowest BCUT2D eigenvalue weighted by molar-refractivity contribution is -0.137. The summed E-state index contributed by atoms with van der Waals surface area (Å²) in [4.78, 5) is 17.0. The number of thioether (sulfide) groups is 1. The lowest BCUT2D eigenvalue weighted by Crippen LogP contribution is -2.23. The molecule has 0 atom stereocenters. The monoisotopic (exact) mass is 619 g/mol. The molecular weight excluding hydrogens is 602 g/mol. The molecule has 1 N–H and O–H groups in total. The van der Waals surface area contributed by atoms with Crippen molar-refractivity contribution in [3.8, 4) is 17.1 Å². The zero-order chi connectivity index (χ0) is 28.3. The normalized spacial score (nSPS) is 11.5. The Balaban J connectivity index is 1.30. The maximum Gasteiger partial charge on any atom is 0.416 e. The third-order valence-electron chi connectivity index (χ3n) is 5.63. The van der Waals surface area contributed by atoms with Gasteiger partial charge in [0.1, 0.15) is 10.7 Å². The van der Waals surface area contributed by atoms with Crippen LogP contribution < -0.4 is 5.32 Å². The summed E-state index contributed by atoms with van der Waals surface area (Å²) in [7, 11) is 0. The van der Waals surface area contributed by atoms with Crippen LogP contribution in [0, 0.1) is 0 Å². The Kier molecular flexibility index (Phi) is 8.46. The molecule has 0 bridgehead atoms. The van der Waals surface area contributed by atoms with Crippen molar-refractivity contribution in [1.29, 1.82) is 0 Å². The highest BCUT2D eigenvalue weighted by molar-refractivity contribution is 7.98. The number of nitrogens with zero attached hydrogens (tertiary/aromatic N) is 4. The second-order valence-electron chi connectivity index (χ2n) is 8.40. The van der Waals surface area contributed by atoms with Crippen molar-refractivity contribution < 1.29 is 18.0 Å². The summed E-state index contributed by atoms with van der Waals surface area (Å²) in [6, 6.07) is 19.4. The maximum absolute atomic E-state index is 13.0. The van der Waals surface area contributed by atoms with Crippen molar-refractivity contribution in [2.75, 3.05) is 0 Å². The Morgan fingerprint density at radius 2 is 1.80 bits per heavy atom. The van der Waals surface area contributed by atoms with Gasteiger partial charge in [-0.1, -0.05) is 65.3 Å². The molecule has 5 aromatic rings. The van der Waals surface area contributed by atoms with Crippen LogP contribution in [0.3, 0.4) is 0 Å². The molecule has 13 heteroatoms. The van der Waals surface area contributed by atoms with Crippen molar-refractivity contribution in [2.24, 2.45) is 0 Å². The Labute approximate surface area is 245 Å². The van der Waals surface area contributed by atoms with Crippen LogP contribution in [0.2, 0.25) is 10.0 Å². The number of halogens is 5. The van der Waals surface area contributed by atoms with Crippen LogP contribution in [0.4, 0.5) is 13.2 Å². The summed E-state index contributed by atoms with van der Waals surface area (Å²) in [6.45, 7) is -0.0576. The van der Waals surface area contributed by atoms with Crippen LogP contribution >= 0.6 is 46.3 Å². The molecule has 0 aliphatic rings. The first-order valence-corrected chi connectivity index (χ1v) is 14.3. The van der Waals surface area contributed by atoms with Crippen molar-refractivity contribution >= 4 is 52.2 Å². The van der Waals surface area contributed by atoms with Gasteiger partial charge >= 0.3 is 6.18 Å². The summed E-state index contributed by atoms with van der Waals surface area (Å²) >= 11 is 15.4. The van der Waals surface area contributed by atoms with Gasteiger partial charge in [-0.15, -0.1) is 21.5 Å². The minimum Gasteiger partial charge on any atom is -0.347 e. The molecule has 0 fully saturated rings. The van der Waals surface area contributed by atoms with Gasteiger partial charge in [0.15, 0.2) is 11.0 Å². The van der Waals surface area contributed by atoms with Crippen LogP contribution in [-0.2, 0) is 18.5 Å². The fourth-order valence-corrected chi connectivity index (χ4v) is 5.92. The molecular formula is C27H18Cl2F3N5OS2. The van der Waals surface area contributed by atoms with Crippen LogP contribution in [0.1, 0.15) is 26.6 Å². The molecule has 3 aromatic carbocycles. The Hall–Kier alpha value is -3.38. The topological polar surface area (TPSA) is 72.7 Å². The molecule has 6 nitrogen and oxygen atoms in total. The number of nitrogens with one attached hydrogen (secondary N) is 1. The molecule has 40 heavy (non-hydrogen) atoms. The third-order valence-corrected chi connectivity index (χ3v) is 8.17. The van der Waals surface area contributed by atoms with Crippen LogP contribution in [0.5, 0.6) is 0 Å². The molecule has 0 aliphatic carbocycles. The van der Waals surface area contributed by atoms with E-state index in [0.717, 1.165) is 17.8 Å². The fourth-order valence-electron chi connectivity index (χ4n) is 3.77. The lowest BCUT2D eigenvalue weighted by atomic mass is 10.1. The second kappa shape index (κ2) is 12.0. The summed E-state index contributed by atoms with van der Waals surface area (Å²) in [5.41, 5.74) is 1.21. The summed E-state index contributed by atoms with van der Waals surface area (Å²) in [5, 5.41) is 15.3. The van der Waals surface area contributed by atoms with E-state index < -0.39 is 17.6 Å². The van der Waals surface area contributed by atoms with E-state index in [-0.39, 0.29) is 12.2 Å². The Morgan fingerprint density at radius 1 is 1.00 bits per heavy atom. The second-order valence-corrected chi connectivity index (χ2v) is 11.1. The minimum absolute atomic E-state index is 0.0576. The highest BCUT2D eigenvalue weighted by Gasteiger charge is 2.30. The van der Waals surface area contributed by atoms with Crippen LogP contribution in [0.25, 0.3) is 17.1 Å². The molecule has 204 valence electrons. The predicted octanol–water partition coefficient (Wildman–Crippen LogP) is 7.94. The molecule has 1 amide bonds. The maximum atomic E-state index is 13.0. The van der Waals surface area contributed by atoms with E-state index in [0.29, 0.717) is 42.9 Å². The van der Waals surface area contributed by atoms with Gasteiger partial charge in [0.25, 0.3) is 5.91 Å². The number of carbonyl (C=O) groups excluding carboxylic acids is 1. The van der Waals surface area contributed by atoms with Gasteiger partial charge < -0.3 is 5.32 Å². The van der Waals surface area contributed by atoms with Gasteiger partial charge in [-0.25, -0.2) is 4.98 Å². The number of hydrogen-bond donors (Lipinski definition) is 1. The van der Waals surface area contributed by atoms with Crippen molar-refractivity contribution in [1.82, 2.24) is 25.1 Å². The standard InChI is InChI=1S/C27H18Cl2F3N5OS2/c28-18-7-4-8-19(12-18)37-24(20-9-1-2-10-21(20)29)35-36-26(37)40-15-23-34-22(14-39-23)25(38)33-13-16-5-3-6-17(11-16)27(30,31)32/h1-12,14H,13,15H2,(H,33,38). The Morgan fingerprint density at radius 3 is 2.58 bits per heavy atom. The van der Waals surface area contributed by atoms with E-state index >= 15 is 0 Å². The molecule has 0 aliphatic heterocycles. The number of rotatable bonds is 8. The van der Waals surface area contributed by atoms with Crippen molar-refractivity contribution in [3.63, 3.8) is 0 Å². The van der Waals surface area contributed by atoms with Gasteiger partial charge in [-0.05, 0) is 48.0 Å². The summed E-state index contributed by atoms with van der Waals surface area (Å²) < 4.78 is 40.7. The molecule has 2 heterocycles. The average molecular weight is 621 g/mol. The number of hydrogen-bond acceptors (Lipinski definition) is 6. The minimum atomic E-state index is -4.45. The zero-order valence-electron chi connectivity index (χ0n) is 20.3. The first-order valence-electron chi connectivity index (χ1n) is 11.7. The van der Waals surface area contributed by atoms with E-state index in [1.165, 1.54) is 35.2 Å². The third kappa shape index (κ3) is 6.49. The average Bonchev–Trinajstić information content (AvgIpc) is 3.58. The van der Waals surface area contributed by atoms with Crippen molar-refractivity contribution in [3.05, 3.63) is 110 Å². The summed E-state index contributed by atoms with van der Waals surface area (Å²) in [6.07, 6.45) is -4.45. The lowest BCUT2D eigenvalue weighted by Gasteiger charge is -2.11. The van der Waals surface area contributed by atoms with Crippen molar-refractivity contribution in [2.45, 2.75) is 23.6 Å². The molecule has 0 radical (unpaired) electrons. The number of amides is 1. The van der Waals surface area contributed by atoms with Gasteiger partial charge in [0.2, 0.25) is 0 Å². The van der Waals surface area contributed by atoms with E-state index in [1.54, 1.807) is 23.6 Å². The van der Waals surface area contributed by atoms with Crippen LogP contribution in [0.15, 0.2) is 83.3 Å². The van der Waals surface area contributed by atoms with Gasteiger partial charge in [0.05, 0.1) is 22.0 Å².